The smallest absolute Gasteiger partial charge is 0.375 e. The molecule has 4 aliphatic rings. The zero-order valence-corrected chi connectivity index (χ0v) is 22.8. The molecule has 16 nitrogen and oxygen atoms in total. The molecule has 0 amide bonds. The quantitative estimate of drug-likeness (QED) is 0.232. The normalized spacial score (nSPS) is 33.9. The molecule has 1 fully saturated rings. The van der Waals surface area contributed by atoms with Gasteiger partial charge in [-0.1, -0.05) is 11.6 Å². The molecule has 0 aliphatic carbocycles. The molecule has 4 heterocycles. The lowest BCUT2D eigenvalue weighted by Crippen LogP contribution is -2.45. The third-order valence-electron chi connectivity index (χ3n) is 6.20. The van der Waals surface area contributed by atoms with Gasteiger partial charge in [-0.05, 0) is 19.1 Å². The van der Waals surface area contributed by atoms with E-state index in [0.717, 1.165) is 0 Å². The van der Waals surface area contributed by atoms with E-state index in [0.29, 0.717) is 0 Å². The van der Waals surface area contributed by atoms with E-state index in [4.69, 9.17) is 16.3 Å². The molecule has 0 aromatic carbocycles. The van der Waals surface area contributed by atoms with Crippen molar-refractivity contribution in [2.24, 2.45) is 9.98 Å². The third kappa shape index (κ3) is 4.31. The van der Waals surface area contributed by atoms with Crippen molar-refractivity contribution >= 4 is 53.8 Å². The van der Waals surface area contributed by atoms with Gasteiger partial charge in [0.05, 0.1) is 11.1 Å². The van der Waals surface area contributed by atoms with Crippen LogP contribution in [0.3, 0.4) is 0 Å². The molecule has 0 spiro atoms. The summed E-state index contributed by atoms with van der Waals surface area (Å²) in [6, 6.07) is -0.650. The Labute approximate surface area is 209 Å². The number of hydrogen-bond acceptors (Lipinski definition) is 10. The van der Waals surface area contributed by atoms with Crippen molar-refractivity contribution in [2.75, 3.05) is 19.7 Å². The lowest BCUT2D eigenvalue weighted by Gasteiger charge is -2.43. The predicted molar refractivity (Wildman–Crippen MR) is 126 cm³/mol. The fourth-order valence-corrected chi connectivity index (χ4v) is 12.3. The average molecular weight is 611 g/mol. The van der Waals surface area contributed by atoms with Crippen LogP contribution >= 0.6 is 42.0 Å². The van der Waals surface area contributed by atoms with E-state index in [2.05, 4.69) is 14.3 Å². The molecule has 0 saturated carbocycles. The first-order valence-corrected chi connectivity index (χ1v) is 17.0. The molecule has 36 heavy (non-hydrogen) atoms. The highest BCUT2D eigenvalue weighted by Crippen LogP contribution is 2.84. The molecule has 0 aromatic rings. The highest BCUT2D eigenvalue weighted by Gasteiger charge is 2.71. The van der Waals surface area contributed by atoms with E-state index in [-0.39, 0.29) is 42.6 Å². The number of nitrogens with zero attached hydrogens (tertiary/aromatic N) is 4. The van der Waals surface area contributed by atoms with Gasteiger partial charge in [0.2, 0.25) is 0 Å². The van der Waals surface area contributed by atoms with E-state index >= 15 is 0 Å². The maximum Gasteiger partial charge on any atom is 0.375 e. The van der Waals surface area contributed by atoms with Crippen molar-refractivity contribution in [1.82, 2.24) is 9.80 Å². The molecule has 1 saturated heterocycles. The minimum absolute atomic E-state index is 0.0619. The second-order valence-electron chi connectivity index (χ2n) is 8.52. The number of amidine groups is 2. The maximum absolute atomic E-state index is 13.5. The number of rotatable bonds is 6. The molecule has 0 aromatic heterocycles. The molecular formula is C15H23ClN4O12P4. The largest absolute Gasteiger partial charge is 0.463 e. The van der Waals surface area contributed by atoms with Crippen molar-refractivity contribution in [2.45, 2.75) is 35.8 Å². The van der Waals surface area contributed by atoms with Crippen LogP contribution in [0.1, 0.15) is 19.8 Å². The molecule has 4 rings (SSSR count). The zero-order valence-electron chi connectivity index (χ0n) is 18.4. The fourth-order valence-electron chi connectivity index (χ4n) is 4.19. The van der Waals surface area contributed by atoms with Crippen LogP contribution < -0.4 is 0 Å². The van der Waals surface area contributed by atoms with Crippen LogP contribution in [0.4, 0.5) is 0 Å². The number of hydrogen-bond donors (Lipinski definition) is 6. The van der Waals surface area contributed by atoms with Crippen LogP contribution in [0.2, 0.25) is 0 Å². The summed E-state index contributed by atoms with van der Waals surface area (Å²) in [5.74, 6) is -0.203. The Balaban J connectivity index is 1.81. The summed E-state index contributed by atoms with van der Waals surface area (Å²) in [4.78, 5) is 72.1. The maximum atomic E-state index is 13.5. The monoisotopic (exact) mass is 610 g/mol. The van der Waals surface area contributed by atoms with Crippen LogP contribution in [-0.4, -0.2) is 86.8 Å². The Hall–Kier alpha value is -0.850. The van der Waals surface area contributed by atoms with Gasteiger partial charge < -0.3 is 43.9 Å². The first-order valence-electron chi connectivity index (χ1n) is 10.3. The van der Waals surface area contributed by atoms with Crippen LogP contribution in [0, 0.1) is 0 Å². The molecular weight excluding hydrogens is 588 g/mol. The fraction of sp³-hybridized carbons (Fsp3) is 0.600. The van der Waals surface area contributed by atoms with Gasteiger partial charge >= 0.3 is 30.4 Å². The summed E-state index contributed by atoms with van der Waals surface area (Å²) in [6.45, 7) is 1.24. The van der Waals surface area contributed by atoms with Crippen molar-refractivity contribution < 1.29 is 56.7 Å². The summed E-state index contributed by atoms with van der Waals surface area (Å²) in [7, 11) is -23.4. The molecule has 202 valence electrons. The van der Waals surface area contributed by atoms with Crippen molar-refractivity contribution in [1.29, 1.82) is 0 Å². The second-order valence-corrected chi connectivity index (χ2v) is 17.5. The summed E-state index contributed by atoms with van der Waals surface area (Å²) < 4.78 is 61.8. The molecule has 5 atom stereocenters. The molecule has 6 N–H and O–H groups in total. The predicted octanol–water partition coefficient (Wildman–Crippen LogP) is 1.27. The Bertz CT molecular complexity index is 1290. The van der Waals surface area contributed by atoms with Gasteiger partial charge in [-0.2, -0.15) is 0 Å². The lowest BCUT2D eigenvalue weighted by molar-refractivity contribution is 0.253. The van der Waals surface area contributed by atoms with Crippen LogP contribution in [0.5, 0.6) is 0 Å². The standard InChI is InChI=1S/C15H23ClN4O12P4/c1-10-9-31-13-18-15(34(24,25)26,5-7-20(10)13)36(29,30)32-35(27,28)14(33(21,22)23)4-6-19-8-11(16)2-3-12(19)17-14/h2-3,8,10H,4-7,9H2,1H3,(H,27,28)(H,29,30)(H2,21,22,23)(H2,24,25,26). The SMILES string of the molecule is CC1COC2=NC(P(=O)(O)O)(P(=O)(O)OP(=O)(O)C3(P(=O)(O)O)CCN4C=C(Cl)C=CC4=N3)CCN21. The van der Waals surface area contributed by atoms with Crippen molar-refractivity contribution in [3.05, 3.63) is 23.4 Å². The van der Waals surface area contributed by atoms with Crippen LogP contribution in [0.15, 0.2) is 33.4 Å². The number of aliphatic imine (C=N–C) groups is 2. The van der Waals surface area contributed by atoms with Gasteiger partial charge in [0.1, 0.15) is 12.4 Å². The average Bonchev–Trinajstić information content (AvgIpc) is 3.10. The number of fused-ring (bicyclic) bond motifs is 2. The topological polar surface area (TPSA) is 239 Å². The van der Waals surface area contributed by atoms with Crippen molar-refractivity contribution in [3.63, 3.8) is 0 Å². The molecule has 0 bridgehead atoms. The van der Waals surface area contributed by atoms with Crippen LogP contribution in [-0.2, 0) is 27.3 Å². The Kier molecular flexibility index (Phi) is 6.92. The summed E-state index contributed by atoms with van der Waals surface area (Å²) in [5.41, 5.74) is 0. The Morgan fingerprint density at radius 3 is 2.11 bits per heavy atom. The highest BCUT2D eigenvalue weighted by atomic mass is 35.5. The van der Waals surface area contributed by atoms with Gasteiger partial charge in [-0.15, -0.1) is 0 Å². The number of ether oxygens (including phenoxy) is 1. The van der Waals surface area contributed by atoms with Gasteiger partial charge in [-0.3, -0.25) is 18.3 Å². The Morgan fingerprint density at radius 2 is 1.53 bits per heavy atom. The number of allylic oxidation sites excluding steroid dienone is 2. The molecule has 5 unspecified atom stereocenters. The minimum Gasteiger partial charge on any atom is -0.463 e. The number of halogens is 1. The van der Waals surface area contributed by atoms with Crippen LogP contribution in [0.25, 0.3) is 0 Å². The highest BCUT2D eigenvalue weighted by molar-refractivity contribution is 7.80. The lowest BCUT2D eigenvalue weighted by atomic mass is 10.2. The van der Waals surface area contributed by atoms with E-state index in [9.17, 15) is 47.6 Å². The third-order valence-corrected chi connectivity index (χ3v) is 16.2. The molecule has 21 heteroatoms. The van der Waals surface area contributed by atoms with E-state index in [1.807, 2.05) is 0 Å². The van der Waals surface area contributed by atoms with Gasteiger partial charge in [0, 0.05) is 32.1 Å². The molecule has 4 aliphatic heterocycles. The van der Waals surface area contributed by atoms with Crippen molar-refractivity contribution in [3.8, 4) is 0 Å². The van der Waals surface area contributed by atoms with Gasteiger partial charge in [-0.25, -0.2) is 14.3 Å². The Morgan fingerprint density at radius 1 is 0.972 bits per heavy atom. The zero-order chi connectivity index (χ0) is 26.9. The van der Waals surface area contributed by atoms with E-state index in [1.54, 1.807) is 6.92 Å². The second kappa shape index (κ2) is 8.84. The molecule has 0 radical (unpaired) electrons. The minimum atomic E-state index is -5.98. The van der Waals surface area contributed by atoms with E-state index < -0.39 is 53.3 Å². The van der Waals surface area contributed by atoms with Gasteiger partial charge in [0.15, 0.2) is 0 Å². The van der Waals surface area contributed by atoms with Gasteiger partial charge in [0.25, 0.3) is 16.1 Å². The summed E-state index contributed by atoms with van der Waals surface area (Å²) >= 11 is 5.89. The first kappa shape index (κ1) is 28.2. The summed E-state index contributed by atoms with van der Waals surface area (Å²) in [5, 5.41) is -6.29. The van der Waals surface area contributed by atoms with E-state index in [1.165, 1.54) is 28.2 Å². The first-order chi connectivity index (χ1) is 16.4. The summed E-state index contributed by atoms with van der Waals surface area (Å²) in [6.07, 6.45) is 2.21.